The Morgan fingerprint density at radius 2 is 1.75 bits per heavy atom. The number of carbonyl (C=O) groups is 1. The number of ether oxygens (including phenoxy) is 1. The van der Waals surface area contributed by atoms with Gasteiger partial charge < -0.3 is 0 Å². The fourth-order valence-corrected chi connectivity index (χ4v) is 5.97. The van der Waals surface area contributed by atoms with Gasteiger partial charge in [0.15, 0.2) is 0 Å². The summed E-state index contributed by atoms with van der Waals surface area (Å²) in [6, 6.07) is 9.89. The molecule has 1 rings (SSSR count). The van der Waals surface area contributed by atoms with Crippen molar-refractivity contribution in [1.82, 2.24) is 0 Å². The summed E-state index contributed by atoms with van der Waals surface area (Å²) >= 11 is -2.18. The topological polar surface area (TPSA) is 26.3 Å². The fraction of sp³-hybridized carbons (Fsp3) is 0.588. The van der Waals surface area contributed by atoms with Crippen LogP contribution in [0.4, 0.5) is 0 Å². The zero-order valence-electron chi connectivity index (χ0n) is 13.7. The Morgan fingerprint density at radius 1 is 1.20 bits per heavy atom. The van der Waals surface area contributed by atoms with Crippen LogP contribution in [0.5, 0.6) is 0 Å². The van der Waals surface area contributed by atoms with Crippen LogP contribution in [0.15, 0.2) is 30.3 Å². The molecule has 0 saturated heterocycles. The minimum atomic E-state index is -2.18. The predicted molar refractivity (Wildman–Crippen MR) is 87.4 cm³/mol. The summed E-state index contributed by atoms with van der Waals surface area (Å²) in [5.74, 6) is 7.39. The van der Waals surface area contributed by atoms with Crippen LogP contribution in [0, 0.1) is 5.92 Å². The second-order valence-corrected chi connectivity index (χ2v) is 19.0. The van der Waals surface area contributed by atoms with Crippen LogP contribution < -0.4 is 0 Å². The van der Waals surface area contributed by atoms with Crippen molar-refractivity contribution in [2.45, 2.75) is 55.3 Å². The molecule has 1 atom stereocenters. The van der Waals surface area contributed by atoms with Crippen LogP contribution in [-0.4, -0.2) is 19.2 Å². The molecule has 0 bridgehead atoms. The second kappa shape index (κ2) is 6.79. The zero-order chi connectivity index (χ0) is 15.4. The van der Waals surface area contributed by atoms with Gasteiger partial charge in [0.25, 0.3) is 0 Å². The fourth-order valence-electron chi connectivity index (χ4n) is 2.39. The maximum atomic E-state index is 12.6. The van der Waals surface area contributed by atoms with Crippen LogP contribution in [0.3, 0.4) is 0 Å². The van der Waals surface area contributed by atoms with E-state index in [0.29, 0.717) is 12.5 Å². The molecule has 1 unspecified atom stereocenters. The van der Waals surface area contributed by atoms with E-state index < -0.39 is 13.3 Å². The molecule has 0 saturated carbocycles. The summed E-state index contributed by atoms with van der Waals surface area (Å²) in [7, 11) is 0. The van der Waals surface area contributed by atoms with Crippen molar-refractivity contribution in [3.8, 4) is 0 Å². The van der Waals surface area contributed by atoms with Gasteiger partial charge in [-0.15, -0.1) is 0 Å². The molecule has 0 aliphatic rings. The number of benzene rings is 1. The molecule has 0 amide bonds. The van der Waals surface area contributed by atoms with Gasteiger partial charge in [0, 0.05) is 0 Å². The molecule has 1 aromatic rings. The summed E-state index contributed by atoms with van der Waals surface area (Å²) in [6.45, 7) is 6.85. The molecule has 0 aromatic heterocycles. The zero-order valence-corrected chi connectivity index (χ0v) is 15.8. The Balaban J connectivity index is 2.79. The van der Waals surface area contributed by atoms with Crippen molar-refractivity contribution in [2.75, 3.05) is 0 Å². The second-order valence-electron chi connectivity index (χ2n) is 7.24. The van der Waals surface area contributed by atoms with E-state index in [9.17, 15) is 4.79 Å². The van der Waals surface area contributed by atoms with Crippen LogP contribution in [0.25, 0.3) is 0 Å². The van der Waals surface area contributed by atoms with Gasteiger partial charge in [0.2, 0.25) is 0 Å². The van der Waals surface area contributed by atoms with Gasteiger partial charge >= 0.3 is 126 Å². The Hall–Kier alpha value is -0.767. The first-order chi connectivity index (χ1) is 9.17. The molecule has 0 radical (unpaired) electrons. The summed E-state index contributed by atoms with van der Waals surface area (Å²) in [4.78, 5) is 12.6. The van der Waals surface area contributed by atoms with Crippen molar-refractivity contribution in [3.63, 3.8) is 0 Å². The number of carbonyl (C=O) groups excluding carboxylic acids is 1. The van der Waals surface area contributed by atoms with E-state index in [-0.39, 0.29) is 10.2 Å². The maximum absolute atomic E-state index is 12.6. The SMILES string of the molecule is CC(C)C[C](C)(C(=O)OCc1ccccc1)[Ge]([CH3])([CH3])[CH3]. The predicted octanol–water partition coefficient (Wildman–Crippen LogP) is 4.87. The Morgan fingerprint density at radius 3 is 2.20 bits per heavy atom. The average molecular weight is 337 g/mol. The van der Waals surface area contributed by atoms with Gasteiger partial charge in [-0.25, -0.2) is 0 Å². The molecule has 3 heteroatoms. The molecule has 0 heterocycles. The van der Waals surface area contributed by atoms with Gasteiger partial charge in [-0.1, -0.05) is 0 Å². The van der Waals surface area contributed by atoms with E-state index in [2.05, 4.69) is 38.0 Å². The number of esters is 1. The van der Waals surface area contributed by atoms with Gasteiger partial charge in [-0.2, -0.15) is 0 Å². The Labute approximate surface area is 126 Å². The molecule has 0 aliphatic heterocycles. The number of hydrogen-bond donors (Lipinski definition) is 0. The molecule has 0 aliphatic carbocycles. The third-order valence-corrected chi connectivity index (χ3v) is 11.9. The molecular weight excluding hydrogens is 309 g/mol. The van der Waals surface area contributed by atoms with E-state index in [1.165, 1.54) is 0 Å². The molecular formula is C17H28GeO2. The van der Waals surface area contributed by atoms with Crippen molar-refractivity contribution < 1.29 is 9.53 Å². The van der Waals surface area contributed by atoms with Gasteiger partial charge in [0.1, 0.15) is 0 Å². The third-order valence-electron chi connectivity index (χ3n) is 4.14. The van der Waals surface area contributed by atoms with E-state index in [0.717, 1.165) is 12.0 Å². The molecule has 1 aromatic carbocycles. The molecule has 2 nitrogen and oxygen atoms in total. The Bertz CT molecular complexity index is 434. The standard InChI is InChI=1S/C17H28GeO2/c1-14(2)12-17(3,18(4,5)6)16(19)20-13-15-10-8-7-9-11-15/h7-11,14H,12-13H2,1-6H3. The number of hydrogen-bond acceptors (Lipinski definition) is 2. The molecule has 0 fully saturated rings. The van der Waals surface area contributed by atoms with Gasteiger partial charge in [-0.05, 0) is 0 Å². The molecule has 20 heavy (non-hydrogen) atoms. The molecule has 0 N–H and O–H groups in total. The monoisotopic (exact) mass is 338 g/mol. The van der Waals surface area contributed by atoms with Crippen molar-refractivity contribution in [2.24, 2.45) is 5.92 Å². The van der Waals surface area contributed by atoms with E-state index in [4.69, 9.17) is 4.74 Å². The molecule has 112 valence electrons. The third kappa shape index (κ3) is 4.37. The number of rotatable bonds is 6. The van der Waals surface area contributed by atoms with Crippen LogP contribution >= 0.6 is 0 Å². The summed E-state index contributed by atoms with van der Waals surface area (Å²) < 4.78 is 5.35. The molecule has 0 spiro atoms. The van der Waals surface area contributed by atoms with Crippen molar-refractivity contribution >= 4 is 19.2 Å². The Kier molecular flexibility index (Phi) is 5.87. The summed E-state index contributed by atoms with van der Waals surface area (Å²) in [5, 5.41) is 0. The minimum absolute atomic E-state index is 0.0115. The van der Waals surface area contributed by atoms with E-state index in [1.54, 1.807) is 0 Å². The first-order valence-corrected chi connectivity index (χ1v) is 14.7. The summed E-state index contributed by atoms with van der Waals surface area (Å²) in [5.41, 5.74) is 1.05. The van der Waals surface area contributed by atoms with Gasteiger partial charge in [-0.3, -0.25) is 0 Å². The van der Waals surface area contributed by atoms with E-state index in [1.807, 2.05) is 30.3 Å². The quantitative estimate of drug-likeness (QED) is 0.547. The van der Waals surface area contributed by atoms with Crippen molar-refractivity contribution in [3.05, 3.63) is 35.9 Å². The first-order valence-electron chi connectivity index (χ1n) is 7.38. The van der Waals surface area contributed by atoms with Crippen LogP contribution in [0.2, 0.25) is 21.5 Å². The normalized spacial score (nSPS) is 14.9. The average Bonchev–Trinajstić information content (AvgIpc) is 2.35. The first kappa shape index (κ1) is 17.3. The van der Waals surface area contributed by atoms with Crippen LogP contribution in [0.1, 0.15) is 32.8 Å². The van der Waals surface area contributed by atoms with Crippen molar-refractivity contribution in [1.29, 1.82) is 0 Å². The van der Waals surface area contributed by atoms with Crippen LogP contribution in [-0.2, 0) is 16.1 Å². The summed E-state index contributed by atoms with van der Waals surface area (Å²) in [6.07, 6.45) is 0.921. The van der Waals surface area contributed by atoms with Gasteiger partial charge in [0.05, 0.1) is 0 Å². The van der Waals surface area contributed by atoms with E-state index >= 15 is 0 Å².